The van der Waals surface area contributed by atoms with Crippen LogP contribution in [0, 0.1) is 0 Å². The number of hydrogen-bond acceptors (Lipinski definition) is 7. The Morgan fingerprint density at radius 2 is 1.86 bits per heavy atom. The van der Waals surface area contributed by atoms with Crippen molar-refractivity contribution in [2.45, 2.75) is 6.54 Å². The number of nitrogens with one attached hydrogen (secondary N) is 1. The molecule has 218 valence electrons. The normalized spacial score (nSPS) is 15.2. The average molecular weight is 719 g/mol. The van der Waals surface area contributed by atoms with Crippen LogP contribution < -0.4 is 10.1 Å². The van der Waals surface area contributed by atoms with Crippen LogP contribution in [-0.2, 0) is 16.1 Å². The summed E-state index contributed by atoms with van der Waals surface area (Å²) >= 11 is 22.9. The van der Waals surface area contributed by atoms with Gasteiger partial charge in [-0.2, -0.15) is 5.10 Å². The highest BCUT2D eigenvalue weighted by atomic mass is 79.9. The summed E-state index contributed by atoms with van der Waals surface area (Å²) in [4.78, 5) is 27.9. The first-order chi connectivity index (χ1) is 20.8. The smallest absolute Gasteiger partial charge is 0.267 e. The van der Waals surface area contributed by atoms with Crippen molar-refractivity contribution in [3.05, 3.63) is 120 Å². The molecule has 0 spiro atoms. The third kappa shape index (κ3) is 8.10. The van der Waals surface area contributed by atoms with Crippen molar-refractivity contribution in [2.24, 2.45) is 10.2 Å². The molecule has 8 nitrogen and oxygen atoms in total. The van der Waals surface area contributed by atoms with Gasteiger partial charge >= 0.3 is 0 Å². The molecule has 1 aromatic heterocycles. The van der Waals surface area contributed by atoms with Crippen LogP contribution in [0.15, 0.2) is 103 Å². The summed E-state index contributed by atoms with van der Waals surface area (Å²) in [6, 6.07) is 20.7. The number of thioether (sulfide) groups is 1. The number of amidine groups is 1. The number of rotatable bonds is 9. The van der Waals surface area contributed by atoms with E-state index in [0.717, 1.165) is 16.2 Å². The highest BCUT2D eigenvalue weighted by Gasteiger charge is 2.34. The molecule has 0 saturated carbocycles. The summed E-state index contributed by atoms with van der Waals surface area (Å²) in [5.74, 6) is 0.323. The molecule has 1 aliphatic heterocycles. The van der Waals surface area contributed by atoms with E-state index in [1.165, 1.54) is 17.4 Å². The SMILES string of the molecule is O=C(COc1ccc(Br)cc1/C=C1\S/C(=N\N=C\c2cccc(Cl)c2Cl)N(Cc2ccco2)C1=O)Nc1ccc(Cl)cc1. The van der Waals surface area contributed by atoms with Gasteiger partial charge in [0.2, 0.25) is 0 Å². The number of anilines is 1. The lowest BCUT2D eigenvalue weighted by Crippen LogP contribution is -2.28. The lowest BCUT2D eigenvalue weighted by atomic mass is 10.2. The number of furan rings is 1. The van der Waals surface area contributed by atoms with Crippen LogP contribution >= 0.6 is 62.5 Å². The Morgan fingerprint density at radius 3 is 2.63 bits per heavy atom. The van der Waals surface area contributed by atoms with Gasteiger partial charge < -0.3 is 14.5 Å². The third-order valence-corrected chi connectivity index (χ3v) is 8.42. The van der Waals surface area contributed by atoms with Crippen molar-refractivity contribution in [2.75, 3.05) is 11.9 Å². The molecule has 5 rings (SSSR count). The van der Waals surface area contributed by atoms with Gasteiger partial charge in [0.1, 0.15) is 11.5 Å². The maximum Gasteiger partial charge on any atom is 0.267 e. The summed E-state index contributed by atoms with van der Waals surface area (Å²) < 4.78 is 12.1. The molecule has 1 fully saturated rings. The fourth-order valence-electron chi connectivity index (χ4n) is 3.82. The molecular weight excluding hydrogens is 699 g/mol. The monoisotopic (exact) mass is 716 g/mol. The van der Waals surface area contributed by atoms with Crippen LogP contribution in [0.25, 0.3) is 6.08 Å². The largest absolute Gasteiger partial charge is 0.483 e. The Labute approximate surface area is 274 Å². The fourth-order valence-corrected chi connectivity index (χ4v) is 5.61. The number of hydrogen-bond donors (Lipinski definition) is 1. The van der Waals surface area contributed by atoms with Gasteiger partial charge in [-0.25, -0.2) is 0 Å². The molecule has 0 aliphatic carbocycles. The minimum Gasteiger partial charge on any atom is -0.483 e. The number of carbonyl (C=O) groups excluding carboxylic acids is 2. The Bertz CT molecular complexity index is 1740. The second-order valence-electron chi connectivity index (χ2n) is 8.88. The Morgan fingerprint density at radius 1 is 1.05 bits per heavy atom. The molecule has 2 amide bonds. The molecule has 1 N–H and O–H groups in total. The molecule has 3 aromatic carbocycles. The maximum absolute atomic E-state index is 13.6. The van der Waals surface area contributed by atoms with Gasteiger partial charge in [-0.3, -0.25) is 14.5 Å². The van der Waals surface area contributed by atoms with Gasteiger partial charge in [-0.15, -0.1) is 5.10 Å². The van der Waals surface area contributed by atoms with Crippen LogP contribution in [0.5, 0.6) is 5.75 Å². The minimum absolute atomic E-state index is 0.148. The van der Waals surface area contributed by atoms with Gasteiger partial charge in [0, 0.05) is 26.3 Å². The molecule has 4 aromatic rings. The second kappa shape index (κ2) is 14.3. The fraction of sp³-hybridized carbons (Fsp3) is 0.0667. The zero-order valence-electron chi connectivity index (χ0n) is 22.0. The lowest BCUT2D eigenvalue weighted by molar-refractivity contribution is -0.122. The quantitative estimate of drug-likeness (QED) is 0.106. The van der Waals surface area contributed by atoms with Gasteiger partial charge in [-0.1, -0.05) is 62.9 Å². The van der Waals surface area contributed by atoms with Crippen LogP contribution in [-0.4, -0.2) is 34.7 Å². The molecule has 0 radical (unpaired) electrons. The summed E-state index contributed by atoms with van der Waals surface area (Å²) in [7, 11) is 0. The first kappa shape index (κ1) is 30.9. The summed E-state index contributed by atoms with van der Waals surface area (Å²) in [6.45, 7) is -0.102. The van der Waals surface area contributed by atoms with Crippen molar-refractivity contribution in [1.29, 1.82) is 0 Å². The van der Waals surface area contributed by atoms with E-state index in [2.05, 4.69) is 31.4 Å². The van der Waals surface area contributed by atoms with Gasteiger partial charge in [-0.05, 0) is 78.5 Å². The van der Waals surface area contributed by atoms with E-state index in [1.807, 2.05) is 0 Å². The van der Waals surface area contributed by atoms with Crippen LogP contribution in [0.1, 0.15) is 16.9 Å². The molecular formula is C30H20BrCl3N4O4S. The van der Waals surface area contributed by atoms with Crippen molar-refractivity contribution >= 4 is 97.5 Å². The number of amides is 2. The van der Waals surface area contributed by atoms with E-state index < -0.39 is 0 Å². The van der Waals surface area contributed by atoms with E-state index >= 15 is 0 Å². The van der Waals surface area contributed by atoms with Crippen molar-refractivity contribution < 1.29 is 18.7 Å². The molecule has 0 unspecified atom stereocenters. The molecule has 1 saturated heterocycles. The van der Waals surface area contributed by atoms with E-state index in [4.69, 9.17) is 44.0 Å². The van der Waals surface area contributed by atoms with Crippen molar-refractivity contribution in [3.63, 3.8) is 0 Å². The number of carbonyl (C=O) groups is 2. The van der Waals surface area contributed by atoms with E-state index in [1.54, 1.807) is 78.9 Å². The van der Waals surface area contributed by atoms with Crippen LogP contribution in [0.4, 0.5) is 5.69 Å². The highest BCUT2D eigenvalue weighted by Crippen LogP contribution is 2.36. The maximum atomic E-state index is 13.6. The van der Waals surface area contributed by atoms with E-state index in [0.29, 0.717) is 53.5 Å². The predicted molar refractivity (Wildman–Crippen MR) is 176 cm³/mol. The molecule has 0 bridgehead atoms. The van der Waals surface area contributed by atoms with E-state index in [-0.39, 0.29) is 25.0 Å². The average Bonchev–Trinajstić information content (AvgIpc) is 3.60. The Hall–Kier alpha value is -3.54. The number of ether oxygens (including phenoxy) is 1. The van der Waals surface area contributed by atoms with Crippen molar-refractivity contribution in [3.8, 4) is 5.75 Å². The molecule has 13 heteroatoms. The first-order valence-corrected chi connectivity index (χ1v) is 15.3. The molecule has 2 heterocycles. The zero-order chi connectivity index (χ0) is 30.3. The second-order valence-corrected chi connectivity index (χ2v) is 12.0. The van der Waals surface area contributed by atoms with Crippen LogP contribution in [0.3, 0.4) is 0 Å². The predicted octanol–water partition coefficient (Wildman–Crippen LogP) is 8.53. The van der Waals surface area contributed by atoms with E-state index in [9.17, 15) is 9.59 Å². The summed E-state index contributed by atoms with van der Waals surface area (Å²) in [6.07, 6.45) is 4.68. The first-order valence-electron chi connectivity index (χ1n) is 12.5. The molecule has 0 atom stereocenters. The summed E-state index contributed by atoms with van der Waals surface area (Å²) in [5, 5.41) is 12.9. The van der Waals surface area contributed by atoms with Crippen molar-refractivity contribution in [1.82, 2.24) is 4.90 Å². The minimum atomic E-state index is -0.355. The number of halogens is 4. The highest BCUT2D eigenvalue weighted by molar-refractivity contribution is 9.10. The van der Waals surface area contributed by atoms with Gasteiger partial charge in [0.05, 0.1) is 34.0 Å². The van der Waals surface area contributed by atoms with Gasteiger partial charge in [0.15, 0.2) is 11.8 Å². The Balaban J connectivity index is 1.38. The third-order valence-electron chi connectivity index (χ3n) is 5.85. The number of benzene rings is 3. The Kier molecular flexibility index (Phi) is 10.3. The topological polar surface area (TPSA) is 96.5 Å². The molecule has 1 aliphatic rings. The van der Waals surface area contributed by atoms with Gasteiger partial charge in [0.25, 0.3) is 11.8 Å². The van der Waals surface area contributed by atoms with Crippen LogP contribution in [0.2, 0.25) is 15.1 Å². The number of nitrogens with zero attached hydrogens (tertiary/aromatic N) is 3. The lowest BCUT2D eigenvalue weighted by Gasteiger charge is -2.13. The summed E-state index contributed by atoms with van der Waals surface area (Å²) in [5.41, 5.74) is 1.75. The zero-order valence-corrected chi connectivity index (χ0v) is 26.6. The standard InChI is InChI=1S/C30H20BrCl3N4O4S/c31-20-6-11-25(42-17-27(39)36-22-9-7-21(32)8-10-22)19(13-20)14-26-29(40)38(16-23-4-2-12-41-23)30(43-26)37-35-15-18-3-1-5-24(33)28(18)34/h1-15H,16-17H2,(H,36,39)/b26-14-,35-15+,37-30-. The molecule has 43 heavy (non-hydrogen) atoms.